The molecule has 0 aromatic heterocycles. The van der Waals surface area contributed by atoms with E-state index in [2.05, 4.69) is 5.32 Å². The van der Waals surface area contributed by atoms with Crippen LogP contribution in [-0.4, -0.2) is 30.8 Å². The minimum atomic E-state index is -0.747. The SMILES string of the molecule is CC(=O)OCc1ccc(OC(=O)OCCNC(C)(C)C)cc1. The van der Waals surface area contributed by atoms with E-state index >= 15 is 0 Å². The first-order valence-corrected chi connectivity index (χ1v) is 7.08. The number of hydrogen-bond donors (Lipinski definition) is 1. The zero-order valence-corrected chi connectivity index (χ0v) is 13.5. The van der Waals surface area contributed by atoms with Crippen LogP contribution in [0, 0.1) is 0 Å². The summed E-state index contributed by atoms with van der Waals surface area (Å²) in [5.41, 5.74) is 0.788. The van der Waals surface area contributed by atoms with Gasteiger partial charge in [-0.1, -0.05) is 12.1 Å². The van der Waals surface area contributed by atoms with Crippen LogP contribution >= 0.6 is 0 Å². The second-order valence-corrected chi connectivity index (χ2v) is 5.80. The third-order valence-corrected chi connectivity index (χ3v) is 2.54. The van der Waals surface area contributed by atoms with Crippen molar-refractivity contribution in [3.8, 4) is 5.75 Å². The predicted octanol–water partition coefficient (Wildman–Crippen LogP) is 2.65. The average Bonchev–Trinajstić information content (AvgIpc) is 2.42. The molecule has 1 aromatic carbocycles. The minimum Gasteiger partial charge on any atom is -0.461 e. The second-order valence-electron chi connectivity index (χ2n) is 5.80. The minimum absolute atomic E-state index is 0.0228. The summed E-state index contributed by atoms with van der Waals surface area (Å²) in [6.07, 6.45) is -0.747. The molecule has 0 aliphatic carbocycles. The van der Waals surface area contributed by atoms with E-state index in [0.717, 1.165) is 5.56 Å². The molecule has 0 aliphatic heterocycles. The Kier molecular flexibility index (Phi) is 6.85. The normalized spacial score (nSPS) is 10.9. The van der Waals surface area contributed by atoms with E-state index in [0.29, 0.717) is 12.3 Å². The van der Waals surface area contributed by atoms with E-state index in [-0.39, 0.29) is 24.7 Å². The van der Waals surface area contributed by atoms with Crippen molar-refractivity contribution in [2.24, 2.45) is 0 Å². The Morgan fingerprint density at radius 1 is 1.09 bits per heavy atom. The van der Waals surface area contributed by atoms with E-state index in [9.17, 15) is 9.59 Å². The summed E-state index contributed by atoms with van der Waals surface area (Å²) >= 11 is 0. The predicted molar refractivity (Wildman–Crippen MR) is 81.6 cm³/mol. The van der Waals surface area contributed by atoms with Crippen molar-refractivity contribution in [2.45, 2.75) is 39.8 Å². The van der Waals surface area contributed by atoms with Gasteiger partial charge >= 0.3 is 12.1 Å². The lowest BCUT2D eigenvalue weighted by Gasteiger charge is -2.20. The van der Waals surface area contributed by atoms with Gasteiger partial charge in [-0.25, -0.2) is 4.79 Å². The zero-order valence-electron chi connectivity index (χ0n) is 13.5. The summed E-state index contributed by atoms with van der Waals surface area (Å²) in [6.45, 7) is 8.43. The molecule has 0 aliphatic rings. The molecule has 0 radical (unpaired) electrons. The van der Waals surface area contributed by atoms with Crippen LogP contribution in [0.1, 0.15) is 33.3 Å². The summed E-state index contributed by atoms with van der Waals surface area (Å²) in [5, 5.41) is 3.20. The lowest BCUT2D eigenvalue weighted by atomic mass is 10.1. The first-order chi connectivity index (χ1) is 10.3. The Morgan fingerprint density at radius 3 is 2.27 bits per heavy atom. The highest BCUT2D eigenvalue weighted by atomic mass is 16.7. The molecular formula is C16H23NO5. The Hall–Kier alpha value is -2.08. The lowest BCUT2D eigenvalue weighted by molar-refractivity contribution is -0.142. The van der Waals surface area contributed by atoms with Gasteiger partial charge in [0.1, 0.15) is 19.0 Å². The van der Waals surface area contributed by atoms with E-state index < -0.39 is 6.16 Å². The van der Waals surface area contributed by atoms with Gasteiger partial charge in [-0.15, -0.1) is 0 Å². The second kappa shape index (κ2) is 8.38. The molecule has 0 fully saturated rings. The van der Waals surface area contributed by atoms with Crippen molar-refractivity contribution in [3.63, 3.8) is 0 Å². The van der Waals surface area contributed by atoms with Gasteiger partial charge in [0.15, 0.2) is 0 Å². The Bertz CT molecular complexity index is 490. The fourth-order valence-electron chi connectivity index (χ4n) is 1.52. The summed E-state index contributed by atoms with van der Waals surface area (Å²) in [7, 11) is 0. The van der Waals surface area contributed by atoms with Crippen LogP contribution in [0.4, 0.5) is 4.79 Å². The Balaban J connectivity index is 2.31. The third kappa shape index (κ3) is 8.26. The highest BCUT2D eigenvalue weighted by Crippen LogP contribution is 2.13. The standard InChI is InChI=1S/C16H23NO5/c1-12(18)21-11-13-5-7-14(8-6-13)22-15(19)20-10-9-17-16(2,3)4/h5-8,17H,9-11H2,1-4H3. The van der Waals surface area contributed by atoms with E-state index in [4.69, 9.17) is 14.2 Å². The van der Waals surface area contributed by atoms with Crippen LogP contribution in [0.3, 0.4) is 0 Å². The molecule has 0 spiro atoms. The van der Waals surface area contributed by atoms with Gasteiger partial charge in [0.2, 0.25) is 0 Å². The van der Waals surface area contributed by atoms with E-state index in [1.54, 1.807) is 24.3 Å². The summed E-state index contributed by atoms with van der Waals surface area (Å²) < 4.78 is 14.9. The fourth-order valence-corrected chi connectivity index (χ4v) is 1.52. The summed E-state index contributed by atoms with van der Waals surface area (Å²) in [6, 6.07) is 6.67. The molecule has 1 aromatic rings. The number of rotatable bonds is 6. The first-order valence-electron chi connectivity index (χ1n) is 7.08. The van der Waals surface area contributed by atoms with Crippen molar-refractivity contribution in [3.05, 3.63) is 29.8 Å². The average molecular weight is 309 g/mol. The van der Waals surface area contributed by atoms with Crippen molar-refractivity contribution in [1.29, 1.82) is 0 Å². The molecule has 1 rings (SSSR count). The van der Waals surface area contributed by atoms with Gasteiger partial charge < -0.3 is 19.5 Å². The fraction of sp³-hybridized carbons (Fsp3) is 0.500. The third-order valence-electron chi connectivity index (χ3n) is 2.54. The van der Waals surface area contributed by atoms with Crippen LogP contribution in [0.2, 0.25) is 0 Å². The van der Waals surface area contributed by atoms with Crippen molar-refractivity contribution < 1.29 is 23.8 Å². The maximum Gasteiger partial charge on any atom is 0.513 e. The van der Waals surface area contributed by atoms with Gasteiger partial charge in [0, 0.05) is 19.0 Å². The molecule has 0 heterocycles. The van der Waals surface area contributed by atoms with Gasteiger partial charge in [-0.2, -0.15) is 0 Å². The molecule has 122 valence electrons. The summed E-state index contributed by atoms with van der Waals surface area (Å²) in [5.74, 6) is 0.0353. The Labute approximate surface area is 130 Å². The Morgan fingerprint density at radius 2 is 1.73 bits per heavy atom. The van der Waals surface area contributed by atoms with Crippen LogP contribution in [0.15, 0.2) is 24.3 Å². The number of carbonyl (C=O) groups excluding carboxylic acids is 2. The largest absolute Gasteiger partial charge is 0.513 e. The monoisotopic (exact) mass is 309 g/mol. The van der Waals surface area contributed by atoms with Crippen LogP contribution < -0.4 is 10.1 Å². The van der Waals surface area contributed by atoms with Gasteiger partial charge in [0.05, 0.1) is 0 Å². The highest BCUT2D eigenvalue weighted by Gasteiger charge is 2.10. The van der Waals surface area contributed by atoms with E-state index in [1.165, 1.54) is 6.92 Å². The molecule has 0 saturated carbocycles. The molecule has 0 saturated heterocycles. The van der Waals surface area contributed by atoms with Gasteiger partial charge in [-0.05, 0) is 38.5 Å². The molecule has 6 nitrogen and oxygen atoms in total. The maximum absolute atomic E-state index is 11.5. The van der Waals surface area contributed by atoms with Crippen molar-refractivity contribution in [2.75, 3.05) is 13.2 Å². The molecule has 6 heteroatoms. The first kappa shape index (κ1) is 18.0. The number of benzene rings is 1. The molecule has 22 heavy (non-hydrogen) atoms. The van der Waals surface area contributed by atoms with Crippen molar-refractivity contribution in [1.82, 2.24) is 5.32 Å². The van der Waals surface area contributed by atoms with Crippen molar-refractivity contribution >= 4 is 12.1 Å². The quantitative estimate of drug-likeness (QED) is 0.495. The van der Waals surface area contributed by atoms with E-state index in [1.807, 2.05) is 20.8 Å². The lowest BCUT2D eigenvalue weighted by Crippen LogP contribution is -2.38. The number of carbonyl (C=O) groups is 2. The number of nitrogens with one attached hydrogen (secondary N) is 1. The molecule has 1 N–H and O–H groups in total. The zero-order chi connectivity index (χ0) is 16.6. The number of esters is 1. The van der Waals surface area contributed by atoms with Crippen LogP contribution in [0.25, 0.3) is 0 Å². The topological polar surface area (TPSA) is 73.9 Å². The van der Waals surface area contributed by atoms with Crippen LogP contribution in [0.5, 0.6) is 5.75 Å². The van der Waals surface area contributed by atoms with Gasteiger partial charge in [-0.3, -0.25) is 4.79 Å². The smallest absolute Gasteiger partial charge is 0.461 e. The molecule has 0 amide bonds. The van der Waals surface area contributed by atoms with Gasteiger partial charge in [0.25, 0.3) is 0 Å². The highest BCUT2D eigenvalue weighted by molar-refractivity contribution is 5.66. The number of ether oxygens (including phenoxy) is 3. The molecule has 0 bridgehead atoms. The molecule has 0 atom stereocenters. The maximum atomic E-state index is 11.5. The van der Waals surface area contributed by atoms with Crippen LogP contribution in [-0.2, 0) is 20.9 Å². The molecule has 0 unspecified atom stereocenters. The molecular weight excluding hydrogens is 286 g/mol. The number of hydrogen-bond acceptors (Lipinski definition) is 6. The summed E-state index contributed by atoms with van der Waals surface area (Å²) in [4.78, 5) is 22.2.